The zero-order chi connectivity index (χ0) is 18.1. The highest BCUT2D eigenvalue weighted by Gasteiger charge is 2.40. The number of sulfone groups is 1. The SMILES string of the molecule is CC[C@@]1(C)CN(CC(=O)N(C2CCCC2)[C@@H]2CCS(=O)(=O)C2)CCO1. The molecule has 2 atom stereocenters. The lowest BCUT2D eigenvalue weighted by molar-refractivity contribution is -0.142. The Bertz CT molecular complexity index is 588. The van der Waals surface area contributed by atoms with Gasteiger partial charge in [0.1, 0.15) is 0 Å². The van der Waals surface area contributed by atoms with Gasteiger partial charge in [-0.25, -0.2) is 8.42 Å². The number of ether oxygens (including phenoxy) is 1. The summed E-state index contributed by atoms with van der Waals surface area (Å²) in [5, 5.41) is 0. The fourth-order valence-electron chi connectivity index (χ4n) is 4.52. The van der Waals surface area contributed by atoms with Gasteiger partial charge in [-0.15, -0.1) is 0 Å². The number of nitrogens with zero attached hydrogens (tertiary/aromatic N) is 2. The van der Waals surface area contributed by atoms with E-state index in [1.807, 2.05) is 4.90 Å². The molecule has 2 saturated heterocycles. The second kappa shape index (κ2) is 7.53. The molecule has 3 rings (SSSR count). The van der Waals surface area contributed by atoms with Crippen molar-refractivity contribution in [1.29, 1.82) is 0 Å². The van der Waals surface area contributed by atoms with Gasteiger partial charge in [0.2, 0.25) is 5.91 Å². The Balaban J connectivity index is 1.69. The first kappa shape index (κ1) is 19.1. The number of hydrogen-bond acceptors (Lipinski definition) is 5. The molecule has 6 nitrogen and oxygen atoms in total. The van der Waals surface area contributed by atoms with Crippen LogP contribution in [-0.4, -0.2) is 79.6 Å². The molecule has 0 N–H and O–H groups in total. The van der Waals surface area contributed by atoms with E-state index < -0.39 is 9.84 Å². The molecule has 0 radical (unpaired) electrons. The third-order valence-corrected chi connectivity index (χ3v) is 7.88. The van der Waals surface area contributed by atoms with Crippen molar-refractivity contribution in [2.24, 2.45) is 0 Å². The van der Waals surface area contributed by atoms with E-state index in [4.69, 9.17) is 4.74 Å². The van der Waals surface area contributed by atoms with E-state index in [-0.39, 0.29) is 35.1 Å². The third-order valence-electron chi connectivity index (χ3n) is 6.13. The molecular formula is C18H32N2O4S. The van der Waals surface area contributed by atoms with Gasteiger partial charge >= 0.3 is 0 Å². The van der Waals surface area contributed by atoms with E-state index >= 15 is 0 Å². The number of carbonyl (C=O) groups excluding carboxylic acids is 1. The molecule has 7 heteroatoms. The minimum atomic E-state index is -2.99. The quantitative estimate of drug-likeness (QED) is 0.731. The van der Waals surface area contributed by atoms with Gasteiger partial charge in [0, 0.05) is 25.2 Å². The van der Waals surface area contributed by atoms with E-state index in [1.54, 1.807) is 0 Å². The Labute approximate surface area is 151 Å². The number of hydrogen-bond donors (Lipinski definition) is 0. The van der Waals surface area contributed by atoms with Crippen LogP contribution in [0, 0.1) is 0 Å². The Morgan fingerprint density at radius 3 is 2.56 bits per heavy atom. The van der Waals surface area contributed by atoms with E-state index in [0.29, 0.717) is 19.6 Å². The smallest absolute Gasteiger partial charge is 0.237 e. The van der Waals surface area contributed by atoms with Crippen LogP contribution in [-0.2, 0) is 19.4 Å². The van der Waals surface area contributed by atoms with Crippen molar-refractivity contribution < 1.29 is 17.9 Å². The molecule has 0 aromatic rings. The summed E-state index contributed by atoms with van der Waals surface area (Å²) < 4.78 is 29.7. The molecule has 0 aromatic heterocycles. The summed E-state index contributed by atoms with van der Waals surface area (Å²) in [6, 6.07) is 0.101. The van der Waals surface area contributed by atoms with Gasteiger partial charge in [-0.05, 0) is 32.6 Å². The number of amides is 1. The largest absolute Gasteiger partial charge is 0.373 e. The summed E-state index contributed by atoms with van der Waals surface area (Å²) in [6.45, 7) is 6.77. The maximum Gasteiger partial charge on any atom is 0.237 e. The highest BCUT2D eigenvalue weighted by atomic mass is 32.2. The molecule has 0 aromatic carbocycles. The lowest BCUT2D eigenvalue weighted by atomic mass is 10.0. The summed E-state index contributed by atoms with van der Waals surface area (Å²) in [4.78, 5) is 17.3. The summed E-state index contributed by atoms with van der Waals surface area (Å²) in [6.07, 6.45) is 5.82. The van der Waals surface area contributed by atoms with Crippen molar-refractivity contribution in [2.45, 2.75) is 70.1 Å². The Morgan fingerprint density at radius 2 is 1.96 bits per heavy atom. The second-order valence-corrected chi connectivity index (χ2v) is 10.4. The number of morpholine rings is 1. The summed E-state index contributed by atoms with van der Waals surface area (Å²) in [7, 11) is -2.99. The summed E-state index contributed by atoms with van der Waals surface area (Å²) in [5.74, 6) is 0.472. The van der Waals surface area contributed by atoms with E-state index in [0.717, 1.165) is 45.2 Å². The van der Waals surface area contributed by atoms with Crippen molar-refractivity contribution in [3.63, 3.8) is 0 Å². The van der Waals surface area contributed by atoms with Crippen LogP contribution in [0.3, 0.4) is 0 Å². The molecule has 3 fully saturated rings. The fraction of sp³-hybridized carbons (Fsp3) is 0.944. The number of carbonyl (C=O) groups is 1. The minimum Gasteiger partial charge on any atom is -0.373 e. The molecule has 144 valence electrons. The van der Waals surface area contributed by atoms with Crippen molar-refractivity contribution in [3.05, 3.63) is 0 Å². The van der Waals surface area contributed by atoms with E-state index in [2.05, 4.69) is 18.7 Å². The molecule has 3 aliphatic rings. The first-order valence-corrected chi connectivity index (χ1v) is 11.5. The van der Waals surface area contributed by atoms with Gasteiger partial charge in [-0.3, -0.25) is 9.69 Å². The average Bonchev–Trinajstić information content (AvgIpc) is 3.18. The maximum absolute atomic E-state index is 13.1. The van der Waals surface area contributed by atoms with Crippen molar-refractivity contribution in [3.8, 4) is 0 Å². The summed E-state index contributed by atoms with van der Waals surface area (Å²) >= 11 is 0. The van der Waals surface area contributed by atoms with Crippen LogP contribution in [0.1, 0.15) is 52.4 Å². The Kier molecular flexibility index (Phi) is 5.75. The van der Waals surface area contributed by atoms with Crippen molar-refractivity contribution in [1.82, 2.24) is 9.80 Å². The molecule has 0 unspecified atom stereocenters. The van der Waals surface area contributed by atoms with Gasteiger partial charge < -0.3 is 9.64 Å². The second-order valence-electron chi connectivity index (χ2n) is 8.16. The first-order valence-electron chi connectivity index (χ1n) is 9.70. The van der Waals surface area contributed by atoms with Gasteiger partial charge in [0.15, 0.2) is 9.84 Å². The molecule has 2 aliphatic heterocycles. The molecule has 0 bridgehead atoms. The topological polar surface area (TPSA) is 66.9 Å². The monoisotopic (exact) mass is 372 g/mol. The maximum atomic E-state index is 13.1. The summed E-state index contributed by atoms with van der Waals surface area (Å²) in [5.41, 5.74) is -0.187. The van der Waals surface area contributed by atoms with Crippen LogP contribution in [0.25, 0.3) is 0 Å². The van der Waals surface area contributed by atoms with Crippen LogP contribution in [0.4, 0.5) is 0 Å². The van der Waals surface area contributed by atoms with E-state index in [9.17, 15) is 13.2 Å². The van der Waals surface area contributed by atoms with Crippen LogP contribution in [0.15, 0.2) is 0 Å². The van der Waals surface area contributed by atoms with Crippen LogP contribution < -0.4 is 0 Å². The van der Waals surface area contributed by atoms with E-state index in [1.165, 1.54) is 0 Å². The lowest BCUT2D eigenvalue weighted by Gasteiger charge is -2.41. The standard InChI is InChI=1S/C18H32N2O4S/c1-3-18(2)14-19(9-10-24-18)12-17(21)20(15-6-4-5-7-15)16-8-11-25(22,23)13-16/h15-16H,3-14H2,1-2H3/t16-,18+/m1/s1. The lowest BCUT2D eigenvalue weighted by Crippen LogP contribution is -2.55. The fourth-order valence-corrected chi connectivity index (χ4v) is 6.23. The van der Waals surface area contributed by atoms with Gasteiger partial charge in [-0.2, -0.15) is 0 Å². The van der Waals surface area contributed by atoms with Crippen LogP contribution >= 0.6 is 0 Å². The van der Waals surface area contributed by atoms with Crippen LogP contribution in [0.2, 0.25) is 0 Å². The molecular weight excluding hydrogens is 340 g/mol. The highest BCUT2D eigenvalue weighted by Crippen LogP contribution is 2.30. The predicted molar refractivity (Wildman–Crippen MR) is 97.2 cm³/mol. The van der Waals surface area contributed by atoms with Gasteiger partial charge in [-0.1, -0.05) is 19.8 Å². The normalized spacial score (nSPS) is 33.6. The highest BCUT2D eigenvalue weighted by molar-refractivity contribution is 7.91. The molecule has 0 spiro atoms. The van der Waals surface area contributed by atoms with Gasteiger partial charge in [0.25, 0.3) is 0 Å². The zero-order valence-corrected chi connectivity index (χ0v) is 16.4. The molecule has 25 heavy (non-hydrogen) atoms. The van der Waals surface area contributed by atoms with Gasteiger partial charge in [0.05, 0.1) is 30.3 Å². The Morgan fingerprint density at radius 1 is 1.24 bits per heavy atom. The van der Waals surface area contributed by atoms with Crippen molar-refractivity contribution >= 4 is 15.7 Å². The molecule has 2 heterocycles. The van der Waals surface area contributed by atoms with Crippen LogP contribution in [0.5, 0.6) is 0 Å². The third kappa shape index (κ3) is 4.55. The molecule has 1 amide bonds. The number of rotatable bonds is 5. The molecule has 1 aliphatic carbocycles. The Hall–Kier alpha value is -0.660. The zero-order valence-electron chi connectivity index (χ0n) is 15.6. The van der Waals surface area contributed by atoms with Crippen molar-refractivity contribution in [2.75, 3.05) is 37.7 Å². The predicted octanol–water partition coefficient (Wildman–Crippen LogP) is 1.45. The average molecular weight is 373 g/mol. The first-order chi connectivity index (χ1) is 11.8. The minimum absolute atomic E-state index is 0.106. The molecule has 1 saturated carbocycles.